The van der Waals surface area contributed by atoms with Crippen LogP contribution in [0.25, 0.3) is 0 Å². The Balaban J connectivity index is 1.94. The third-order valence-corrected chi connectivity index (χ3v) is 5.11. The molecule has 1 saturated carbocycles. The number of benzene rings is 1. The molecule has 0 N–H and O–H groups in total. The van der Waals surface area contributed by atoms with Crippen molar-refractivity contribution in [1.82, 2.24) is 4.90 Å². The van der Waals surface area contributed by atoms with Crippen molar-refractivity contribution in [3.05, 3.63) is 23.8 Å². The molecule has 1 aliphatic carbocycles. The number of rotatable bonds is 6. The number of carbonyl (C=O) groups excluding carboxylic acids is 1. The Morgan fingerprint density at radius 1 is 1.08 bits per heavy atom. The molecule has 0 atom stereocenters. The standard InChI is InChI=1S/C20H31NO3/c1-21(17-11-7-5-4-6-8-12-17)19(22)15-14-16-10-9-13-18(23-2)20(16)24-3/h9-10,13,17H,4-8,11-12,14-15H2,1-3H3. The zero-order valence-corrected chi connectivity index (χ0v) is 15.3. The van der Waals surface area contributed by atoms with Gasteiger partial charge in [-0.05, 0) is 30.9 Å². The lowest BCUT2D eigenvalue weighted by molar-refractivity contribution is -0.132. The van der Waals surface area contributed by atoms with Gasteiger partial charge in [-0.25, -0.2) is 0 Å². The molecule has 0 saturated heterocycles. The number of para-hydroxylation sites is 1. The van der Waals surface area contributed by atoms with Crippen molar-refractivity contribution in [2.75, 3.05) is 21.3 Å². The third-order valence-electron chi connectivity index (χ3n) is 5.11. The summed E-state index contributed by atoms with van der Waals surface area (Å²) in [6.45, 7) is 0. The van der Waals surface area contributed by atoms with Gasteiger partial charge >= 0.3 is 0 Å². The minimum absolute atomic E-state index is 0.227. The normalized spacial score (nSPS) is 16.1. The van der Waals surface area contributed by atoms with E-state index < -0.39 is 0 Å². The highest BCUT2D eigenvalue weighted by Crippen LogP contribution is 2.31. The Morgan fingerprint density at radius 2 is 1.75 bits per heavy atom. The fourth-order valence-electron chi connectivity index (χ4n) is 3.59. The Hall–Kier alpha value is -1.71. The van der Waals surface area contributed by atoms with Crippen molar-refractivity contribution >= 4 is 5.91 Å². The lowest BCUT2D eigenvalue weighted by atomic mass is 9.95. The molecule has 1 amide bonds. The van der Waals surface area contributed by atoms with Gasteiger partial charge in [-0.3, -0.25) is 4.79 Å². The summed E-state index contributed by atoms with van der Waals surface area (Å²) in [5, 5.41) is 0. The lowest BCUT2D eigenvalue weighted by Gasteiger charge is -2.30. The van der Waals surface area contributed by atoms with Crippen molar-refractivity contribution in [2.24, 2.45) is 0 Å². The van der Waals surface area contributed by atoms with E-state index in [0.29, 0.717) is 18.9 Å². The first-order valence-electron chi connectivity index (χ1n) is 9.13. The van der Waals surface area contributed by atoms with E-state index in [0.717, 1.165) is 29.9 Å². The quantitative estimate of drug-likeness (QED) is 0.783. The van der Waals surface area contributed by atoms with Gasteiger partial charge in [0, 0.05) is 19.5 Å². The van der Waals surface area contributed by atoms with Gasteiger partial charge in [-0.2, -0.15) is 0 Å². The monoisotopic (exact) mass is 333 g/mol. The topological polar surface area (TPSA) is 38.8 Å². The highest BCUT2D eigenvalue weighted by Gasteiger charge is 2.21. The number of methoxy groups -OCH3 is 2. The predicted octanol–water partition coefficient (Wildman–Crippen LogP) is 4.21. The van der Waals surface area contributed by atoms with E-state index in [4.69, 9.17) is 9.47 Å². The SMILES string of the molecule is COc1cccc(CCC(=O)N(C)C2CCCCCCC2)c1OC. The second-order valence-corrected chi connectivity index (χ2v) is 6.66. The number of carbonyl (C=O) groups is 1. The molecule has 24 heavy (non-hydrogen) atoms. The van der Waals surface area contributed by atoms with Crippen LogP contribution in [0.15, 0.2) is 18.2 Å². The molecule has 134 valence electrons. The predicted molar refractivity (Wildman–Crippen MR) is 96.7 cm³/mol. The van der Waals surface area contributed by atoms with E-state index in [1.807, 2.05) is 30.1 Å². The second-order valence-electron chi connectivity index (χ2n) is 6.66. The zero-order valence-electron chi connectivity index (χ0n) is 15.3. The van der Waals surface area contributed by atoms with E-state index in [1.165, 1.54) is 32.1 Å². The molecule has 1 aromatic carbocycles. The van der Waals surface area contributed by atoms with Crippen LogP contribution in [0.4, 0.5) is 0 Å². The summed E-state index contributed by atoms with van der Waals surface area (Å²) in [7, 11) is 5.25. The summed E-state index contributed by atoms with van der Waals surface area (Å²) in [6.07, 6.45) is 9.92. The molecule has 0 unspecified atom stereocenters. The van der Waals surface area contributed by atoms with Gasteiger partial charge in [-0.1, -0.05) is 44.2 Å². The Morgan fingerprint density at radius 3 is 2.38 bits per heavy atom. The van der Waals surface area contributed by atoms with Crippen molar-refractivity contribution in [1.29, 1.82) is 0 Å². The minimum Gasteiger partial charge on any atom is -0.493 e. The minimum atomic E-state index is 0.227. The van der Waals surface area contributed by atoms with Gasteiger partial charge in [0.15, 0.2) is 11.5 Å². The van der Waals surface area contributed by atoms with Gasteiger partial charge in [0.2, 0.25) is 5.91 Å². The molecule has 1 aromatic rings. The molecule has 1 fully saturated rings. The van der Waals surface area contributed by atoms with E-state index in [1.54, 1.807) is 14.2 Å². The molecule has 4 heteroatoms. The van der Waals surface area contributed by atoms with Gasteiger partial charge in [0.05, 0.1) is 14.2 Å². The molecule has 1 aliphatic rings. The molecule has 0 radical (unpaired) electrons. The Kier molecular flexibility index (Phi) is 7.41. The van der Waals surface area contributed by atoms with Crippen LogP contribution in [-0.2, 0) is 11.2 Å². The molecule has 2 rings (SSSR count). The molecule has 0 spiro atoms. The van der Waals surface area contributed by atoms with Crippen LogP contribution in [0.3, 0.4) is 0 Å². The Bertz CT molecular complexity index is 522. The first kappa shape index (κ1) is 18.6. The second kappa shape index (κ2) is 9.55. The van der Waals surface area contributed by atoms with Crippen molar-refractivity contribution in [3.8, 4) is 11.5 Å². The van der Waals surface area contributed by atoms with Crippen molar-refractivity contribution in [3.63, 3.8) is 0 Å². The van der Waals surface area contributed by atoms with Crippen molar-refractivity contribution in [2.45, 2.75) is 63.8 Å². The number of nitrogens with zero attached hydrogens (tertiary/aromatic N) is 1. The maximum Gasteiger partial charge on any atom is 0.222 e. The van der Waals surface area contributed by atoms with Gasteiger partial charge in [0.1, 0.15) is 0 Å². The number of hydrogen-bond donors (Lipinski definition) is 0. The molecule has 0 aromatic heterocycles. The van der Waals surface area contributed by atoms with Crippen LogP contribution in [0.1, 0.15) is 56.9 Å². The largest absolute Gasteiger partial charge is 0.493 e. The van der Waals surface area contributed by atoms with Crippen LogP contribution in [0.5, 0.6) is 11.5 Å². The van der Waals surface area contributed by atoms with Gasteiger partial charge in [0.25, 0.3) is 0 Å². The molecule has 4 nitrogen and oxygen atoms in total. The number of amides is 1. The fraction of sp³-hybridized carbons (Fsp3) is 0.650. The summed E-state index contributed by atoms with van der Waals surface area (Å²) < 4.78 is 10.8. The van der Waals surface area contributed by atoms with Crippen LogP contribution in [0, 0.1) is 0 Å². The third kappa shape index (κ3) is 4.89. The average molecular weight is 333 g/mol. The van der Waals surface area contributed by atoms with E-state index in [2.05, 4.69) is 0 Å². The number of aryl methyl sites for hydroxylation is 1. The van der Waals surface area contributed by atoms with Gasteiger partial charge < -0.3 is 14.4 Å². The van der Waals surface area contributed by atoms with Crippen LogP contribution >= 0.6 is 0 Å². The summed E-state index contributed by atoms with van der Waals surface area (Å²) in [4.78, 5) is 14.6. The van der Waals surface area contributed by atoms with Gasteiger partial charge in [-0.15, -0.1) is 0 Å². The molecule has 0 aliphatic heterocycles. The first-order chi connectivity index (χ1) is 11.7. The zero-order chi connectivity index (χ0) is 17.4. The number of hydrogen-bond acceptors (Lipinski definition) is 3. The maximum atomic E-state index is 12.6. The number of ether oxygens (including phenoxy) is 2. The first-order valence-corrected chi connectivity index (χ1v) is 9.13. The van der Waals surface area contributed by atoms with E-state index in [9.17, 15) is 4.79 Å². The van der Waals surface area contributed by atoms with Crippen LogP contribution < -0.4 is 9.47 Å². The maximum absolute atomic E-state index is 12.6. The van der Waals surface area contributed by atoms with E-state index in [-0.39, 0.29) is 5.91 Å². The summed E-state index contributed by atoms with van der Waals surface area (Å²) in [6, 6.07) is 6.24. The molecular formula is C20H31NO3. The summed E-state index contributed by atoms with van der Waals surface area (Å²) >= 11 is 0. The van der Waals surface area contributed by atoms with E-state index >= 15 is 0 Å². The summed E-state index contributed by atoms with van der Waals surface area (Å²) in [5.74, 6) is 1.68. The highest BCUT2D eigenvalue weighted by atomic mass is 16.5. The molecule has 0 heterocycles. The Labute approximate surface area is 146 Å². The molecule has 0 bridgehead atoms. The summed E-state index contributed by atoms with van der Waals surface area (Å²) in [5.41, 5.74) is 1.02. The fourth-order valence-corrected chi connectivity index (χ4v) is 3.59. The van der Waals surface area contributed by atoms with Crippen molar-refractivity contribution < 1.29 is 14.3 Å². The van der Waals surface area contributed by atoms with Crippen LogP contribution in [-0.4, -0.2) is 38.1 Å². The highest BCUT2D eigenvalue weighted by molar-refractivity contribution is 5.76. The average Bonchev–Trinajstić information content (AvgIpc) is 2.58. The molecular weight excluding hydrogens is 302 g/mol. The van der Waals surface area contributed by atoms with Crippen LogP contribution in [0.2, 0.25) is 0 Å². The smallest absolute Gasteiger partial charge is 0.222 e. The lowest BCUT2D eigenvalue weighted by Crippen LogP contribution is -2.37.